The van der Waals surface area contributed by atoms with Crippen molar-refractivity contribution < 1.29 is 22.3 Å². The van der Waals surface area contributed by atoms with Crippen molar-refractivity contribution in [1.82, 2.24) is 14.2 Å². The number of thiazole rings is 1. The second kappa shape index (κ2) is 9.35. The maximum absolute atomic E-state index is 13.4. The molecule has 0 N–H and O–H groups in total. The number of benzene rings is 2. The molecule has 1 saturated heterocycles. The molecule has 1 aromatic heterocycles. The molecule has 32 heavy (non-hydrogen) atoms. The van der Waals surface area contributed by atoms with Crippen molar-refractivity contribution in [3.63, 3.8) is 0 Å². The molecule has 3 aromatic rings. The van der Waals surface area contributed by atoms with Crippen LogP contribution in [0.5, 0.6) is 5.75 Å². The third-order valence-electron chi connectivity index (χ3n) is 5.24. The Morgan fingerprint density at radius 3 is 2.50 bits per heavy atom. The summed E-state index contributed by atoms with van der Waals surface area (Å²) in [6, 6.07) is 12.4. The highest BCUT2D eigenvalue weighted by molar-refractivity contribution is 7.89. The third-order valence-corrected chi connectivity index (χ3v) is 8.10. The zero-order valence-corrected chi connectivity index (χ0v) is 19.0. The summed E-state index contributed by atoms with van der Waals surface area (Å²) in [5.74, 6) is 0.141. The first-order valence-electron chi connectivity index (χ1n) is 9.99. The standard InChI is InChI=1S/C22H22FN3O4S2/c1-30-19-5-7-20(8-6-19)32(28,29)26-11-9-25(10-12-26)21(27)14-18-15-31-22(24-18)16-3-2-4-17(23)13-16/h2-8,13,15H,9-12,14H2,1H3. The van der Waals surface area contributed by atoms with Crippen LogP contribution in [0.4, 0.5) is 4.39 Å². The normalized spacial score (nSPS) is 15.0. The fraction of sp³-hybridized carbons (Fsp3) is 0.273. The van der Waals surface area contributed by atoms with Crippen LogP contribution in [0.1, 0.15) is 5.69 Å². The van der Waals surface area contributed by atoms with Crippen LogP contribution in [0.3, 0.4) is 0 Å². The molecule has 1 fully saturated rings. The molecule has 0 bridgehead atoms. The zero-order valence-electron chi connectivity index (χ0n) is 17.4. The highest BCUT2D eigenvalue weighted by Gasteiger charge is 2.30. The third kappa shape index (κ3) is 4.82. The molecule has 2 aromatic carbocycles. The van der Waals surface area contributed by atoms with Gasteiger partial charge in [0.05, 0.1) is 24.1 Å². The largest absolute Gasteiger partial charge is 0.497 e. The molecule has 0 saturated carbocycles. The minimum Gasteiger partial charge on any atom is -0.497 e. The Labute approximate surface area is 190 Å². The summed E-state index contributed by atoms with van der Waals surface area (Å²) in [5, 5.41) is 2.45. The zero-order chi connectivity index (χ0) is 22.7. The molecular weight excluding hydrogens is 453 g/mol. The van der Waals surface area contributed by atoms with Gasteiger partial charge in [-0.3, -0.25) is 4.79 Å². The van der Waals surface area contributed by atoms with Gasteiger partial charge >= 0.3 is 0 Å². The Kier molecular flexibility index (Phi) is 6.54. The van der Waals surface area contributed by atoms with Crippen LogP contribution in [0.15, 0.2) is 58.8 Å². The predicted molar refractivity (Wildman–Crippen MR) is 120 cm³/mol. The molecule has 2 heterocycles. The minimum absolute atomic E-state index is 0.109. The van der Waals surface area contributed by atoms with E-state index in [2.05, 4.69) is 4.98 Å². The van der Waals surface area contributed by atoms with Crippen LogP contribution in [0.2, 0.25) is 0 Å². The Hall–Kier alpha value is -2.82. The maximum atomic E-state index is 13.4. The second-order valence-corrected chi connectivity index (χ2v) is 10.1. The van der Waals surface area contributed by atoms with Gasteiger partial charge in [0.1, 0.15) is 16.6 Å². The lowest BCUT2D eigenvalue weighted by molar-refractivity contribution is -0.131. The van der Waals surface area contributed by atoms with Gasteiger partial charge < -0.3 is 9.64 Å². The number of piperazine rings is 1. The summed E-state index contributed by atoms with van der Waals surface area (Å²) in [4.78, 5) is 19.0. The van der Waals surface area contributed by atoms with Crippen molar-refractivity contribution in [3.8, 4) is 16.3 Å². The molecule has 168 valence electrons. The lowest BCUT2D eigenvalue weighted by Gasteiger charge is -2.34. The molecule has 0 atom stereocenters. The van der Waals surface area contributed by atoms with Crippen LogP contribution in [0, 0.1) is 5.82 Å². The molecule has 1 aliphatic heterocycles. The van der Waals surface area contributed by atoms with Crippen LogP contribution in [-0.4, -0.2) is 61.8 Å². The van der Waals surface area contributed by atoms with Crippen molar-refractivity contribution in [3.05, 3.63) is 65.4 Å². The van der Waals surface area contributed by atoms with E-state index in [1.54, 1.807) is 34.5 Å². The number of sulfonamides is 1. The monoisotopic (exact) mass is 475 g/mol. The van der Waals surface area contributed by atoms with E-state index in [1.807, 2.05) is 0 Å². The van der Waals surface area contributed by atoms with Crippen molar-refractivity contribution in [2.75, 3.05) is 33.3 Å². The van der Waals surface area contributed by atoms with Crippen molar-refractivity contribution in [2.45, 2.75) is 11.3 Å². The average molecular weight is 476 g/mol. The smallest absolute Gasteiger partial charge is 0.243 e. The number of methoxy groups -OCH3 is 1. The van der Waals surface area contributed by atoms with Gasteiger partial charge in [0.15, 0.2) is 0 Å². The Morgan fingerprint density at radius 2 is 1.84 bits per heavy atom. The van der Waals surface area contributed by atoms with E-state index in [0.717, 1.165) is 0 Å². The molecule has 4 rings (SSSR count). The number of aromatic nitrogens is 1. The maximum Gasteiger partial charge on any atom is 0.243 e. The number of rotatable bonds is 6. The van der Waals surface area contributed by atoms with E-state index in [0.29, 0.717) is 35.1 Å². The van der Waals surface area contributed by atoms with Gasteiger partial charge in [-0.1, -0.05) is 12.1 Å². The molecule has 0 aliphatic carbocycles. The molecule has 0 spiro atoms. The molecular formula is C22H22FN3O4S2. The Morgan fingerprint density at radius 1 is 1.12 bits per heavy atom. The first-order valence-corrected chi connectivity index (χ1v) is 12.3. The number of hydrogen-bond donors (Lipinski definition) is 0. The fourth-order valence-electron chi connectivity index (χ4n) is 3.48. The van der Waals surface area contributed by atoms with E-state index in [-0.39, 0.29) is 36.1 Å². The lowest BCUT2D eigenvalue weighted by atomic mass is 10.2. The topological polar surface area (TPSA) is 79.8 Å². The number of halogens is 1. The van der Waals surface area contributed by atoms with E-state index in [1.165, 1.54) is 47.0 Å². The van der Waals surface area contributed by atoms with Gasteiger partial charge in [-0.25, -0.2) is 17.8 Å². The van der Waals surface area contributed by atoms with Gasteiger partial charge in [0.25, 0.3) is 0 Å². The van der Waals surface area contributed by atoms with Crippen LogP contribution < -0.4 is 4.74 Å². The van der Waals surface area contributed by atoms with Gasteiger partial charge in [-0.05, 0) is 36.4 Å². The molecule has 10 heteroatoms. The molecule has 1 amide bonds. The van der Waals surface area contributed by atoms with Crippen LogP contribution in [0.25, 0.3) is 10.6 Å². The van der Waals surface area contributed by atoms with Crippen LogP contribution in [-0.2, 0) is 21.2 Å². The molecule has 0 radical (unpaired) electrons. The summed E-state index contributed by atoms with van der Waals surface area (Å²) in [7, 11) is -2.11. The number of nitrogens with zero attached hydrogens (tertiary/aromatic N) is 3. The number of ether oxygens (including phenoxy) is 1. The van der Waals surface area contributed by atoms with E-state index in [9.17, 15) is 17.6 Å². The number of hydrogen-bond acceptors (Lipinski definition) is 6. The molecule has 1 aliphatic rings. The van der Waals surface area contributed by atoms with Crippen molar-refractivity contribution in [2.24, 2.45) is 0 Å². The van der Waals surface area contributed by atoms with Crippen LogP contribution >= 0.6 is 11.3 Å². The summed E-state index contributed by atoms with van der Waals surface area (Å²) < 4.78 is 45.6. The van der Waals surface area contributed by atoms with Crippen molar-refractivity contribution >= 4 is 27.3 Å². The second-order valence-electron chi connectivity index (χ2n) is 7.29. The number of carbonyl (C=O) groups is 1. The Bertz CT molecular complexity index is 1200. The Balaban J connectivity index is 1.35. The van der Waals surface area contributed by atoms with E-state index >= 15 is 0 Å². The lowest BCUT2D eigenvalue weighted by Crippen LogP contribution is -2.50. The summed E-state index contributed by atoms with van der Waals surface area (Å²) >= 11 is 1.36. The number of carbonyl (C=O) groups excluding carboxylic acids is 1. The first-order chi connectivity index (χ1) is 15.4. The van der Waals surface area contributed by atoms with Gasteiger partial charge in [0.2, 0.25) is 15.9 Å². The van der Waals surface area contributed by atoms with Gasteiger partial charge in [-0.15, -0.1) is 11.3 Å². The molecule has 7 nitrogen and oxygen atoms in total. The highest BCUT2D eigenvalue weighted by atomic mass is 32.2. The van der Waals surface area contributed by atoms with E-state index in [4.69, 9.17) is 4.74 Å². The summed E-state index contributed by atoms with van der Waals surface area (Å²) in [6.45, 7) is 1.08. The fourth-order valence-corrected chi connectivity index (χ4v) is 5.72. The number of amides is 1. The minimum atomic E-state index is -3.63. The summed E-state index contributed by atoms with van der Waals surface area (Å²) in [6.07, 6.45) is 0.122. The summed E-state index contributed by atoms with van der Waals surface area (Å²) in [5.41, 5.74) is 1.29. The molecule has 0 unspecified atom stereocenters. The predicted octanol–water partition coefficient (Wildman–Crippen LogP) is 3.03. The SMILES string of the molecule is COc1ccc(S(=O)(=O)N2CCN(C(=O)Cc3csc(-c4cccc(F)c4)n3)CC2)cc1. The average Bonchev–Trinajstić information content (AvgIpc) is 3.27. The first kappa shape index (κ1) is 22.4. The highest BCUT2D eigenvalue weighted by Crippen LogP contribution is 2.25. The van der Waals surface area contributed by atoms with E-state index < -0.39 is 10.0 Å². The van der Waals surface area contributed by atoms with Crippen molar-refractivity contribution in [1.29, 1.82) is 0 Å². The quantitative estimate of drug-likeness (QED) is 0.548. The van der Waals surface area contributed by atoms with Gasteiger partial charge in [0, 0.05) is 37.1 Å². The van der Waals surface area contributed by atoms with Gasteiger partial charge in [-0.2, -0.15) is 4.31 Å².